The number of carbonyl (C=O) groups is 2. The van der Waals surface area contributed by atoms with Crippen molar-refractivity contribution in [2.24, 2.45) is 4.40 Å². The molecule has 1 aromatic carbocycles. The molecule has 0 radical (unpaired) electrons. The topological polar surface area (TPSA) is 105 Å². The zero-order valence-corrected chi connectivity index (χ0v) is 15.7. The number of esters is 1. The summed E-state index contributed by atoms with van der Waals surface area (Å²) in [6, 6.07) is 7.28. The SMILES string of the molecule is Cc1cccc(NC(=O)C(C)OC(=O)C2=CN3CCS(=O)(=O)N=C3C=C2)c1. The van der Waals surface area contributed by atoms with E-state index in [1.165, 1.54) is 25.3 Å². The van der Waals surface area contributed by atoms with Gasteiger partial charge in [0.1, 0.15) is 5.84 Å². The quantitative estimate of drug-likeness (QED) is 0.780. The Morgan fingerprint density at radius 2 is 2.07 bits per heavy atom. The highest BCUT2D eigenvalue weighted by Crippen LogP contribution is 2.17. The van der Waals surface area contributed by atoms with Crippen LogP contribution in [0.2, 0.25) is 0 Å². The van der Waals surface area contributed by atoms with E-state index in [4.69, 9.17) is 4.74 Å². The van der Waals surface area contributed by atoms with E-state index in [0.717, 1.165) is 5.56 Å². The number of amidine groups is 1. The Kier molecular flexibility index (Phi) is 5.13. The van der Waals surface area contributed by atoms with E-state index < -0.39 is 28.0 Å². The molecule has 0 aromatic heterocycles. The first-order valence-corrected chi connectivity index (χ1v) is 9.92. The Bertz CT molecular complexity index is 978. The van der Waals surface area contributed by atoms with Gasteiger partial charge in [-0.3, -0.25) is 4.79 Å². The zero-order chi connectivity index (χ0) is 19.6. The molecule has 0 fully saturated rings. The van der Waals surface area contributed by atoms with Crippen molar-refractivity contribution in [3.63, 3.8) is 0 Å². The maximum Gasteiger partial charge on any atom is 0.340 e. The van der Waals surface area contributed by atoms with E-state index >= 15 is 0 Å². The van der Waals surface area contributed by atoms with Crippen molar-refractivity contribution in [2.75, 3.05) is 17.6 Å². The van der Waals surface area contributed by atoms with Gasteiger partial charge in [-0.1, -0.05) is 12.1 Å². The molecule has 3 rings (SSSR count). The van der Waals surface area contributed by atoms with E-state index in [1.807, 2.05) is 25.1 Å². The van der Waals surface area contributed by atoms with Crippen molar-refractivity contribution >= 4 is 33.4 Å². The first-order valence-electron chi connectivity index (χ1n) is 8.31. The molecule has 1 amide bonds. The van der Waals surface area contributed by atoms with Crippen LogP contribution in [0.5, 0.6) is 0 Å². The predicted octanol–water partition coefficient (Wildman–Crippen LogP) is 1.36. The van der Waals surface area contributed by atoms with Gasteiger partial charge in [-0.2, -0.15) is 0 Å². The third-order valence-corrected chi connectivity index (χ3v) is 5.16. The Morgan fingerprint density at radius 1 is 1.30 bits per heavy atom. The highest BCUT2D eigenvalue weighted by Gasteiger charge is 2.26. The molecule has 1 atom stereocenters. The van der Waals surface area contributed by atoms with Crippen molar-refractivity contribution in [1.82, 2.24) is 4.90 Å². The van der Waals surface area contributed by atoms with E-state index in [-0.39, 0.29) is 23.7 Å². The van der Waals surface area contributed by atoms with E-state index in [1.54, 1.807) is 11.0 Å². The molecule has 27 heavy (non-hydrogen) atoms. The molecule has 142 valence electrons. The van der Waals surface area contributed by atoms with E-state index in [0.29, 0.717) is 5.69 Å². The number of hydrogen-bond donors (Lipinski definition) is 1. The number of benzene rings is 1. The van der Waals surface area contributed by atoms with Crippen molar-refractivity contribution in [2.45, 2.75) is 20.0 Å². The average Bonchev–Trinajstić information content (AvgIpc) is 2.60. The summed E-state index contributed by atoms with van der Waals surface area (Å²) in [5.41, 5.74) is 1.83. The lowest BCUT2D eigenvalue weighted by Crippen LogP contribution is -2.37. The maximum atomic E-state index is 12.3. The number of anilines is 1. The van der Waals surface area contributed by atoms with Gasteiger partial charge < -0.3 is 15.0 Å². The minimum Gasteiger partial charge on any atom is -0.449 e. The van der Waals surface area contributed by atoms with Gasteiger partial charge >= 0.3 is 5.97 Å². The summed E-state index contributed by atoms with van der Waals surface area (Å²) in [6.45, 7) is 3.59. The number of amides is 1. The summed E-state index contributed by atoms with van der Waals surface area (Å²) in [6.07, 6.45) is 3.33. The van der Waals surface area contributed by atoms with Gasteiger partial charge in [0, 0.05) is 18.4 Å². The molecule has 1 aromatic rings. The van der Waals surface area contributed by atoms with Crippen LogP contribution < -0.4 is 5.32 Å². The second-order valence-corrected chi connectivity index (χ2v) is 8.01. The normalized spacial score (nSPS) is 18.7. The molecule has 8 nitrogen and oxygen atoms in total. The standard InChI is InChI=1S/C18H19N3O5S/c1-12-4-3-5-15(10-12)19-17(22)13(2)26-18(23)14-6-7-16-20-27(24,25)9-8-21(16)11-14/h3-7,10-11,13H,8-9H2,1-2H3,(H,19,22). The van der Waals surface area contributed by atoms with Crippen LogP contribution in [0.3, 0.4) is 0 Å². The van der Waals surface area contributed by atoms with Crippen LogP contribution in [0, 0.1) is 6.92 Å². The van der Waals surface area contributed by atoms with Crippen LogP contribution in [0.25, 0.3) is 0 Å². The van der Waals surface area contributed by atoms with Gasteiger partial charge in [0.05, 0.1) is 11.3 Å². The van der Waals surface area contributed by atoms with Crippen LogP contribution >= 0.6 is 0 Å². The van der Waals surface area contributed by atoms with Gasteiger partial charge in [-0.15, -0.1) is 4.40 Å². The zero-order valence-electron chi connectivity index (χ0n) is 14.9. The average molecular weight is 389 g/mol. The summed E-state index contributed by atoms with van der Waals surface area (Å²) in [7, 11) is -3.46. The van der Waals surface area contributed by atoms with Gasteiger partial charge in [-0.25, -0.2) is 13.2 Å². The third-order valence-electron chi connectivity index (χ3n) is 4.00. The number of nitrogens with zero attached hydrogens (tertiary/aromatic N) is 2. The van der Waals surface area contributed by atoms with Crippen LogP contribution in [-0.4, -0.2) is 49.4 Å². The Labute approximate surface area is 157 Å². The molecule has 1 N–H and O–H groups in total. The number of ether oxygens (including phenoxy) is 1. The smallest absolute Gasteiger partial charge is 0.340 e. The number of hydrogen-bond acceptors (Lipinski definition) is 6. The van der Waals surface area contributed by atoms with Crippen LogP contribution in [0.15, 0.2) is 52.6 Å². The molecule has 0 aliphatic carbocycles. The number of sulfonamides is 1. The third kappa shape index (κ3) is 4.62. The lowest BCUT2D eigenvalue weighted by molar-refractivity contribution is -0.149. The first kappa shape index (κ1) is 18.8. The molecule has 2 aliphatic rings. The Hall–Kier alpha value is -2.94. The molecule has 0 bridgehead atoms. The molecular weight excluding hydrogens is 370 g/mol. The summed E-state index contributed by atoms with van der Waals surface area (Å²) in [5, 5.41) is 2.70. The molecule has 1 unspecified atom stereocenters. The van der Waals surface area contributed by atoms with Gasteiger partial charge in [0.25, 0.3) is 15.9 Å². The van der Waals surface area contributed by atoms with E-state index in [2.05, 4.69) is 9.71 Å². The maximum absolute atomic E-state index is 12.3. The molecule has 0 saturated heterocycles. The van der Waals surface area contributed by atoms with Crippen LogP contribution in [-0.2, 0) is 24.3 Å². The number of rotatable bonds is 4. The van der Waals surface area contributed by atoms with Gasteiger partial charge in [-0.05, 0) is 43.7 Å². The molecule has 2 aliphatic heterocycles. The fourth-order valence-electron chi connectivity index (χ4n) is 2.57. The summed E-state index contributed by atoms with van der Waals surface area (Å²) < 4.78 is 31.9. The van der Waals surface area contributed by atoms with Gasteiger partial charge in [0.2, 0.25) is 0 Å². The van der Waals surface area contributed by atoms with Gasteiger partial charge in [0.15, 0.2) is 6.10 Å². The summed E-state index contributed by atoms with van der Waals surface area (Å²) in [5.74, 6) is -0.993. The second-order valence-electron chi connectivity index (χ2n) is 6.25. The second kappa shape index (κ2) is 7.36. The number of carbonyl (C=O) groups excluding carboxylic acids is 2. The first-order chi connectivity index (χ1) is 12.7. The summed E-state index contributed by atoms with van der Waals surface area (Å²) in [4.78, 5) is 26.1. The summed E-state index contributed by atoms with van der Waals surface area (Å²) >= 11 is 0. The highest BCUT2D eigenvalue weighted by atomic mass is 32.2. The molecule has 9 heteroatoms. The largest absolute Gasteiger partial charge is 0.449 e. The lowest BCUT2D eigenvalue weighted by Gasteiger charge is -2.27. The predicted molar refractivity (Wildman–Crippen MR) is 101 cm³/mol. The fraction of sp³-hybridized carbons (Fsp3) is 0.278. The Balaban J connectivity index is 1.63. The molecule has 0 spiro atoms. The number of aryl methyl sites for hydroxylation is 1. The minimum atomic E-state index is -3.46. The van der Waals surface area contributed by atoms with Crippen LogP contribution in [0.1, 0.15) is 12.5 Å². The lowest BCUT2D eigenvalue weighted by atomic mass is 10.2. The Morgan fingerprint density at radius 3 is 2.81 bits per heavy atom. The monoisotopic (exact) mass is 389 g/mol. The van der Waals surface area contributed by atoms with Crippen molar-refractivity contribution in [3.05, 3.63) is 53.8 Å². The molecular formula is C18H19N3O5S. The van der Waals surface area contributed by atoms with E-state index in [9.17, 15) is 18.0 Å². The minimum absolute atomic E-state index is 0.127. The number of nitrogens with one attached hydrogen (secondary N) is 1. The van der Waals surface area contributed by atoms with Crippen molar-refractivity contribution in [3.8, 4) is 0 Å². The van der Waals surface area contributed by atoms with Crippen molar-refractivity contribution in [1.29, 1.82) is 0 Å². The molecule has 0 saturated carbocycles. The fourth-order valence-corrected chi connectivity index (χ4v) is 3.54. The highest BCUT2D eigenvalue weighted by molar-refractivity contribution is 7.90. The van der Waals surface area contributed by atoms with Crippen LogP contribution in [0.4, 0.5) is 5.69 Å². The van der Waals surface area contributed by atoms with Crippen molar-refractivity contribution < 1.29 is 22.7 Å². The number of fused-ring (bicyclic) bond motifs is 1. The molecule has 2 heterocycles.